The fraction of sp³-hybridized carbons (Fsp3) is 0.308. The molecule has 2 aromatic rings. The lowest BCUT2D eigenvalue weighted by atomic mass is 10.2. The second-order valence-corrected chi connectivity index (χ2v) is 7.58. The van der Waals surface area contributed by atoms with Crippen LogP contribution in [-0.4, -0.2) is 27.6 Å². The van der Waals surface area contributed by atoms with Gasteiger partial charge in [-0.15, -0.1) is 22.0 Å². The first-order valence-corrected chi connectivity index (χ1v) is 8.92. The van der Waals surface area contributed by atoms with E-state index in [2.05, 4.69) is 15.5 Å². The van der Waals surface area contributed by atoms with E-state index in [-0.39, 0.29) is 11.2 Å². The van der Waals surface area contributed by atoms with Crippen LogP contribution < -0.4 is 5.32 Å². The van der Waals surface area contributed by atoms with Crippen LogP contribution in [-0.2, 0) is 4.79 Å². The number of benzene rings is 1. The van der Waals surface area contributed by atoms with Crippen LogP contribution in [0.3, 0.4) is 0 Å². The quantitative estimate of drug-likeness (QED) is 0.671. The number of nitrogens with one attached hydrogen (secondary N) is 1. The maximum absolute atomic E-state index is 12.1. The average molecular weight is 325 g/mol. The van der Waals surface area contributed by atoms with Crippen molar-refractivity contribution < 1.29 is 4.79 Å². The van der Waals surface area contributed by atoms with Gasteiger partial charge in [-0.05, 0) is 32.2 Å². The van der Waals surface area contributed by atoms with E-state index < -0.39 is 0 Å². The Morgan fingerprint density at radius 2 is 2.00 bits per heavy atom. The number of carbonyl (C=O) groups excluding carboxylic acids is 1. The largest absolute Gasteiger partial charge is 0.300 e. The lowest BCUT2D eigenvalue weighted by molar-refractivity contribution is -0.115. The number of aryl methyl sites for hydroxylation is 1. The minimum Gasteiger partial charge on any atom is -0.300 e. The number of rotatable bonds is 5. The summed E-state index contributed by atoms with van der Waals surface area (Å²) in [5, 5.41) is 11.1. The fourth-order valence-electron chi connectivity index (χ4n) is 1.42. The maximum Gasteiger partial charge on any atom is 0.239 e. The Kier molecular flexibility index (Phi) is 5.45. The molecule has 0 fully saturated rings. The molecule has 0 aliphatic carbocycles. The number of nitrogens with zero attached hydrogens (tertiary/aromatic N) is 2. The van der Waals surface area contributed by atoms with Gasteiger partial charge in [-0.2, -0.15) is 0 Å². The first kappa shape index (κ1) is 15.3. The van der Waals surface area contributed by atoms with Crippen molar-refractivity contribution in [1.82, 2.24) is 10.2 Å². The van der Waals surface area contributed by atoms with E-state index in [1.165, 1.54) is 40.4 Å². The highest BCUT2D eigenvalue weighted by atomic mass is 32.2. The minimum atomic E-state index is -0.181. The van der Waals surface area contributed by atoms with Crippen LogP contribution in [0.15, 0.2) is 33.5 Å². The van der Waals surface area contributed by atoms with Gasteiger partial charge in [0.25, 0.3) is 0 Å². The monoisotopic (exact) mass is 325 g/mol. The Morgan fingerprint density at radius 3 is 2.60 bits per heavy atom. The molecule has 0 saturated heterocycles. The van der Waals surface area contributed by atoms with Crippen LogP contribution in [0.2, 0.25) is 0 Å². The zero-order valence-electron chi connectivity index (χ0n) is 11.4. The lowest BCUT2D eigenvalue weighted by Gasteiger charge is -2.10. The highest BCUT2D eigenvalue weighted by Gasteiger charge is 2.16. The summed E-state index contributed by atoms with van der Waals surface area (Å²) in [7, 11) is 0. The first-order valence-electron chi connectivity index (χ1n) is 6.00. The van der Waals surface area contributed by atoms with Crippen LogP contribution >= 0.6 is 34.9 Å². The number of anilines is 1. The molecule has 0 bridgehead atoms. The number of carbonyl (C=O) groups is 1. The van der Waals surface area contributed by atoms with E-state index in [1.54, 1.807) is 0 Å². The predicted octanol–water partition coefficient (Wildman–Crippen LogP) is 3.69. The molecule has 7 heteroatoms. The molecule has 0 spiro atoms. The Labute approximate surface area is 130 Å². The summed E-state index contributed by atoms with van der Waals surface area (Å²) in [5.41, 5.74) is 1.21. The van der Waals surface area contributed by atoms with E-state index in [0.717, 1.165) is 9.24 Å². The van der Waals surface area contributed by atoms with Gasteiger partial charge >= 0.3 is 0 Å². The SMILES string of the molecule is CSc1nnc(NC(=O)[C@@H](C)Sc2ccc(C)cc2)s1. The van der Waals surface area contributed by atoms with Crippen molar-refractivity contribution in [1.29, 1.82) is 0 Å². The highest BCUT2D eigenvalue weighted by Crippen LogP contribution is 2.26. The molecule has 1 N–H and O–H groups in total. The third-order valence-electron chi connectivity index (χ3n) is 2.51. The number of aromatic nitrogens is 2. The molecule has 0 radical (unpaired) electrons. The Bertz CT molecular complexity index is 583. The van der Waals surface area contributed by atoms with Gasteiger partial charge in [-0.25, -0.2) is 0 Å². The van der Waals surface area contributed by atoms with Crippen molar-refractivity contribution in [3.05, 3.63) is 29.8 Å². The average Bonchev–Trinajstić information content (AvgIpc) is 2.89. The van der Waals surface area contributed by atoms with Gasteiger partial charge in [0.1, 0.15) is 0 Å². The van der Waals surface area contributed by atoms with Crippen LogP contribution in [0.1, 0.15) is 12.5 Å². The third-order valence-corrected chi connectivity index (χ3v) is 5.44. The number of amides is 1. The zero-order chi connectivity index (χ0) is 14.5. The fourth-order valence-corrected chi connectivity index (χ4v) is 3.46. The summed E-state index contributed by atoms with van der Waals surface area (Å²) in [4.78, 5) is 13.2. The molecule has 20 heavy (non-hydrogen) atoms. The molecular weight excluding hydrogens is 310 g/mol. The normalized spacial score (nSPS) is 12.2. The summed E-state index contributed by atoms with van der Waals surface area (Å²) in [6.07, 6.45) is 1.93. The van der Waals surface area contributed by atoms with Crippen molar-refractivity contribution in [3.63, 3.8) is 0 Å². The van der Waals surface area contributed by atoms with Crippen molar-refractivity contribution >= 4 is 45.9 Å². The second kappa shape index (κ2) is 7.10. The van der Waals surface area contributed by atoms with Crippen molar-refractivity contribution in [2.45, 2.75) is 28.3 Å². The second-order valence-electron chi connectivity index (χ2n) is 4.14. The van der Waals surface area contributed by atoms with Gasteiger partial charge in [0, 0.05) is 4.90 Å². The van der Waals surface area contributed by atoms with Gasteiger partial charge in [0.05, 0.1) is 5.25 Å². The van der Waals surface area contributed by atoms with E-state index in [1.807, 2.05) is 44.4 Å². The molecule has 0 unspecified atom stereocenters. The molecule has 2 rings (SSSR count). The maximum atomic E-state index is 12.1. The molecule has 0 saturated carbocycles. The zero-order valence-corrected chi connectivity index (χ0v) is 13.9. The number of thioether (sulfide) groups is 2. The molecule has 106 valence electrons. The summed E-state index contributed by atoms with van der Waals surface area (Å²) >= 11 is 4.44. The first-order chi connectivity index (χ1) is 9.58. The van der Waals surface area contributed by atoms with E-state index in [0.29, 0.717) is 5.13 Å². The molecule has 0 aliphatic rings. The van der Waals surface area contributed by atoms with Gasteiger partial charge < -0.3 is 0 Å². The van der Waals surface area contributed by atoms with E-state index >= 15 is 0 Å². The molecule has 4 nitrogen and oxygen atoms in total. The Balaban J connectivity index is 1.93. The van der Waals surface area contributed by atoms with Gasteiger partial charge in [-0.1, -0.05) is 40.8 Å². The van der Waals surface area contributed by atoms with Crippen LogP contribution in [0.5, 0.6) is 0 Å². The van der Waals surface area contributed by atoms with Crippen LogP contribution in [0, 0.1) is 6.92 Å². The van der Waals surface area contributed by atoms with Crippen LogP contribution in [0.25, 0.3) is 0 Å². The summed E-state index contributed by atoms with van der Waals surface area (Å²) in [6.45, 7) is 3.93. The van der Waals surface area contributed by atoms with Crippen molar-refractivity contribution in [2.24, 2.45) is 0 Å². The standard InChI is InChI=1S/C13H15N3OS3/c1-8-4-6-10(7-5-8)19-9(2)11(17)14-12-15-16-13(18-3)20-12/h4-7,9H,1-3H3,(H,14,15,17)/t9-/m1/s1. The van der Waals surface area contributed by atoms with Gasteiger partial charge in [-0.3, -0.25) is 10.1 Å². The Hall–Kier alpha value is -1.05. The molecule has 1 amide bonds. The molecular formula is C13H15N3OS3. The smallest absolute Gasteiger partial charge is 0.239 e. The van der Waals surface area contributed by atoms with E-state index in [9.17, 15) is 4.79 Å². The number of hydrogen-bond donors (Lipinski definition) is 1. The van der Waals surface area contributed by atoms with Crippen molar-refractivity contribution in [3.8, 4) is 0 Å². The third kappa shape index (κ3) is 4.22. The summed E-state index contributed by atoms with van der Waals surface area (Å²) in [6, 6.07) is 8.14. The van der Waals surface area contributed by atoms with Gasteiger partial charge in [0.15, 0.2) is 4.34 Å². The Morgan fingerprint density at radius 1 is 1.30 bits per heavy atom. The summed E-state index contributed by atoms with van der Waals surface area (Å²) in [5.74, 6) is -0.0561. The van der Waals surface area contributed by atoms with Crippen LogP contribution in [0.4, 0.5) is 5.13 Å². The number of hydrogen-bond acceptors (Lipinski definition) is 6. The molecule has 1 heterocycles. The molecule has 1 atom stereocenters. The lowest BCUT2D eigenvalue weighted by Crippen LogP contribution is -2.22. The van der Waals surface area contributed by atoms with Gasteiger partial charge in [0.2, 0.25) is 11.0 Å². The highest BCUT2D eigenvalue weighted by molar-refractivity contribution is 8.00. The predicted molar refractivity (Wildman–Crippen MR) is 86.8 cm³/mol. The van der Waals surface area contributed by atoms with E-state index in [4.69, 9.17) is 0 Å². The summed E-state index contributed by atoms with van der Waals surface area (Å²) < 4.78 is 0.846. The van der Waals surface area contributed by atoms with Crippen molar-refractivity contribution in [2.75, 3.05) is 11.6 Å². The molecule has 1 aromatic heterocycles. The minimum absolute atomic E-state index is 0.0561. The molecule has 0 aliphatic heterocycles. The topological polar surface area (TPSA) is 54.9 Å². The molecule has 1 aromatic carbocycles.